The van der Waals surface area contributed by atoms with E-state index in [0.29, 0.717) is 18.5 Å². The zero-order chi connectivity index (χ0) is 19.4. The van der Waals surface area contributed by atoms with Crippen LogP contribution in [0, 0.1) is 0 Å². The summed E-state index contributed by atoms with van der Waals surface area (Å²) in [7, 11) is 3.48. The second kappa shape index (κ2) is 12.3. The van der Waals surface area contributed by atoms with Crippen LogP contribution in [0.15, 0.2) is 11.3 Å². The number of hydrogen-bond donors (Lipinski definition) is 2. The maximum absolute atomic E-state index is 11.8. The summed E-state index contributed by atoms with van der Waals surface area (Å²) < 4.78 is 2.03. The van der Waals surface area contributed by atoms with Crippen molar-refractivity contribution in [2.24, 2.45) is 4.99 Å². The monoisotopic (exact) mass is 365 g/mol. The summed E-state index contributed by atoms with van der Waals surface area (Å²) in [5, 5.41) is 14.8. The fourth-order valence-corrected chi connectivity index (χ4v) is 2.48. The van der Waals surface area contributed by atoms with E-state index in [0.717, 1.165) is 25.2 Å². The van der Waals surface area contributed by atoms with Crippen molar-refractivity contribution in [2.75, 3.05) is 27.2 Å². The van der Waals surface area contributed by atoms with Crippen LogP contribution in [-0.2, 0) is 17.8 Å². The molecule has 0 saturated heterocycles. The molecule has 1 aromatic rings. The quantitative estimate of drug-likeness (QED) is 0.352. The molecular formula is C18H35N7O. The number of aliphatic imine (C=N–C) groups is 1. The lowest BCUT2D eigenvalue weighted by Crippen LogP contribution is -2.44. The number of guanidine groups is 1. The van der Waals surface area contributed by atoms with Crippen LogP contribution < -0.4 is 10.6 Å². The van der Waals surface area contributed by atoms with Crippen molar-refractivity contribution in [3.8, 4) is 0 Å². The molecule has 0 bridgehead atoms. The Hall–Kier alpha value is -2.12. The highest BCUT2D eigenvalue weighted by atomic mass is 16.2. The zero-order valence-corrected chi connectivity index (χ0v) is 17.0. The Morgan fingerprint density at radius 1 is 1.35 bits per heavy atom. The zero-order valence-electron chi connectivity index (χ0n) is 17.0. The highest BCUT2D eigenvalue weighted by molar-refractivity contribution is 5.84. The van der Waals surface area contributed by atoms with Crippen LogP contribution in [0.3, 0.4) is 0 Å². The largest absolute Gasteiger partial charge is 0.355 e. The maximum atomic E-state index is 11.8. The molecule has 0 saturated carbocycles. The van der Waals surface area contributed by atoms with Crippen LogP contribution in [0.2, 0.25) is 0 Å². The first kappa shape index (κ1) is 21.9. The van der Waals surface area contributed by atoms with Crippen molar-refractivity contribution >= 4 is 11.9 Å². The van der Waals surface area contributed by atoms with E-state index in [4.69, 9.17) is 0 Å². The molecule has 8 nitrogen and oxygen atoms in total. The molecular weight excluding hydrogens is 330 g/mol. The summed E-state index contributed by atoms with van der Waals surface area (Å²) >= 11 is 0. The van der Waals surface area contributed by atoms with Gasteiger partial charge in [0.15, 0.2) is 5.96 Å². The van der Waals surface area contributed by atoms with Crippen LogP contribution in [-0.4, -0.2) is 64.8 Å². The Morgan fingerprint density at radius 2 is 2.12 bits per heavy atom. The normalized spacial score (nSPS) is 12.7. The summed E-state index contributed by atoms with van der Waals surface area (Å²) in [4.78, 5) is 17.8. The number of hydrogen-bond acceptors (Lipinski definition) is 4. The number of carbonyl (C=O) groups excluding carboxylic acids is 1. The van der Waals surface area contributed by atoms with Crippen LogP contribution in [0.1, 0.15) is 52.3 Å². The van der Waals surface area contributed by atoms with Gasteiger partial charge in [0, 0.05) is 39.6 Å². The van der Waals surface area contributed by atoms with Crippen molar-refractivity contribution in [1.29, 1.82) is 0 Å². The van der Waals surface area contributed by atoms with Crippen LogP contribution >= 0.6 is 0 Å². The number of likely N-dealkylation sites (N-methyl/N-ethyl adjacent to an activating group) is 1. The Kier molecular flexibility index (Phi) is 10.3. The summed E-state index contributed by atoms with van der Waals surface area (Å²) in [6.07, 6.45) is 7.32. The van der Waals surface area contributed by atoms with Crippen LogP contribution in [0.4, 0.5) is 0 Å². The molecule has 0 fully saturated rings. The maximum Gasteiger partial charge on any atom is 0.243 e. The first-order valence-corrected chi connectivity index (χ1v) is 9.59. The van der Waals surface area contributed by atoms with Gasteiger partial charge in [0.25, 0.3) is 0 Å². The van der Waals surface area contributed by atoms with Gasteiger partial charge in [-0.3, -0.25) is 4.79 Å². The van der Waals surface area contributed by atoms with Gasteiger partial charge in [-0.25, -0.2) is 4.99 Å². The molecule has 1 unspecified atom stereocenters. The van der Waals surface area contributed by atoms with Crippen molar-refractivity contribution in [1.82, 2.24) is 30.3 Å². The van der Waals surface area contributed by atoms with Crippen molar-refractivity contribution < 1.29 is 4.79 Å². The molecule has 0 aliphatic carbocycles. The highest BCUT2D eigenvalue weighted by Gasteiger charge is 2.08. The number of amides is 1. The third kappa shape index (κ3) is 8.31. The smallest absolute Gasteiger partial charge is 0.243 e. The van der Waals surface area contributed by atoms with E-state index >= 15 is 0 Å². The third-order valence-corrected chi connectivity index (χ3v) is 4.15. The molecule has 1 atom stereocenters. The molecule has 0 aromatic carbocycles. The average molecular weight is 366 g/mol. The van der Waals surface area contributed by atoms with Crippen molar-refractivity contribution in [2.45, 2.75) is 65.5 Å². The molecule has 2 N–H and O–H groups in total. The molecule has 148 valence electrons. The Labute approximate surface area is 157 Å². The van der Waals surface area contributed by atoms with Gasteiger partial charge in [-0.2, -0.15) is 0 Å². The summed E-state index contributed by atoms with van der Waals surface area (Å²) in [6, 6.07) is 0.309. The van der Waals surface area contributed by atoms with E-state index in [-0.39, 0.29) is 12.5 Å². The molecule has 0 radical (unpaired) electrons. The molecule has 1 aromatic heterocycles. The molecule has 1 heterocycles. The predicted octanol–water partition coefficient (Wildman–Crippen LogP) is 1.43. The lowest BCUT2D eigenvalue weighted by molar-refractivity contribution is -0.127. The fourth-order valence-electron chi connectivity index (χ4n) is 2.48. The SMILES string of the molecule is CCCCCC(C)NC(=NCC(=O)N(C)C)NCCn1cnnc1CC. The number of nitrogens with one attached hydrogen (secondary N) is 2. The average Bonchev–Trinajstić information content (AvgIpc) is 3.06. The van der Waals surface area contributed by atoms with Crippen LogP contribution in [0.25, 0.3) is 0 Å². The minimum absolute atomic E-state index is 0.0168. The fraction of sp³-hybridized carbons (Fsp3) is 0.778. The van der Waals surface area contributed by atoms with Crippen molar-refractivity contribution in [3.05, 3.63) is 12.2 Å². The lowest BCUT2D eigenvalue weighted by Gasteiger charge is -2.19. The van der Waals surface area contributed by atoms with Gasteiger partial charge in [0.05, 0.1) is 0 Å². The molecule has 1 rings (SSSR count). The Bertz CT molecular complexity index is 553. The van der Waals surface area contributed by atoms with E-state index < -0.39 is 0 Å². The van der Waals surface area contributed by atoms with Gasteiger partial charge in [-0.05, 0) is 13.3 Å². The van der Waals surface area contributed by atoms with Gasteiger partial charge in [-0.1, -0.05) is 33.1 Å². The predicted molar refractivity (Wildman–Crippen MR) is 105 cm³/mol. The topological polar surface area (TPSA) is 87.4 Å². The standard InChI is InChI=1S/C18H35N7O/c1-6-8-9-10-15(3)22-18(20-13-17(26)24(4)5)19-11-12-25-14-21-23-16(25)7-2/h14-15H,6-13H2,1-5H3,(H2,19,20,22). The summed E-state index contributed by atoms with van der Waals surface area (Å²) in [5.41, 5.74) is 0. The molecule has 0 aliphatic rings. The van der Waals surface area contributed by atoms with E-state index in [1.54, 1.807) is 25.3 Å². The molecule has 1 amide bonds. The van der Waals surface area contributed by atoms with E-state index in [1.807, 2.05) is 4.57 Å². The second-order valence-corrected chi connectivity index (χ2v) is 6.72. The van der Waals surface area contributed by atoms with Gasteiger partial charge < -0.3 is 20.1 Å². The summed E-state index contributed by atoms with van der Waals surface area (Å²) in [6.45, 7) is 7.99. The number of nitrogens with zero attached hydrogens (tertiary/aromatic N) is 5. The third-order valence-electron chi connectivity index (χ3n) is 4.15. The Balaban J connectivity index is 2.58. The Morgan fingerprint density at radius 3 is 2.77 bits per heavy atom. The van der Waals surface area contributed by atoms with Crippen molar-refractivity contribution in [3.63, 3.8) is 0 Å². The van der Waals surface area contributed by atoms with Gasteiger partial charge >= 0.3 is 0 Å². The molecule has 26 heavy (non-hydrogen) atoms. The number of aromatic nitrogens is 3. The number of carbonyl (C=O) groups is 1. The van der Waals surface area contributed by atoms with Gasteiger partial charge in [-0.15, -0.1) is 10.2 Å². The van der Waals surface area contributed by atoms with E-state index in [9.17, 15) is 4.79 Å². The van der Waals surface area contributed by atoms with Gasteiger partial charge in [0.2, 0.25) is 5.91 Å². The highest BCUT2D eigenvalue weighted by Crippen LogP contribution is 2.02. The minimum atomic E-state index is -0.0168. The first-order valence-electron chi connectivity index (χ1n) is 9.59. The number of aryl methyl sites for hydroxylation is 1. The second-order valence-electron chi connectivity index (χ2n) is 6.72. The van der Waals surface area contributed by atoms with E-state index in [1.165, 1.54) is 19.3 Å². The lowest BCUT2D eigenvalue weighted by atomic mass is 10.1. The first-order chi connectivity index (χ1) is 12.5. The number of unbranched alkanes of at least 4 members (excludes halogenated alkanes) is 2. The number of rotatable bonds is 11. The van der Waals surface area contributed by atoms with Crippen LogP contribution in [0.5, 0.6) is 0 Å². The molecule has 8 heteroatoms. The molecule has 0 aliphatic heterocycles. The van der Waals surface area contributed by atoms with Gasteiger partial charge in [0.1, 0.15) is 18.7 Å². The molecule has 0 spiro atoms. The summed E-state index contributed by atoms with van der Waals surface area (Å²) in [5.74, 6) is 1.63. The van der Waals surface area contributed by atoms with E-state index in [2.05, 4.69) is 46.6 Å². The minimum Gasteiger partial charge on any atom is -0.355 e.